The van der Waals surface area contributed by atoms with E-state index in [1.807, 2.05) is 0 Å². The predicted octanol–water partition coefficient (Wildman–Crippen LogP) is 0.0398. The van der Waals surface area contributed by atoms with E-state index >= 15 is 0 Å². The molecule has 3 atom stereocenters. The lowest BCUT2D eigenvalue weighted by Gasteiger charge is -2.41. The van der Waals surface area contributed by atoms with Gasteiger partial charge < -0.3 is 15.5 Å². The quantitative estimate of drug-likeness (QED) is 0.764. The minimum atomic E-state index is 0.770. The SMILES string of the molecule is C1CCN(C2CCN(C3CNCCC3CN3CCNCC3)C2)C1. The van der Waals surface area contributed by atoms with E-state index < -0.39 is 0 Å². The Morgan fingerprint density at radius 2 is 1.61 bits per heavy atom. The highest BCUT2D eigenvalue weighted by Crippen LogP contribution is 2.27. The van der Waals surface area contributed by atoms with Gasteiger partial charge in [0.15, 0.2) is 0 Å². The molecule has 0 aromatic rings. The average molecular weight is 322 g/mol. The highest BCUT2D eigenvalue weighted by molar-refractivity contribution is 4.94. The van der Waals surface area contributed by atoms with E-state index in [1.165, 1.54) is 97.7 Å². The molecule has 0 aromatic carbocycles. The van der Waals surface area contributed by atoms with Gasteiger partial charge in [0.1, 0.15) is 0 Å². The summed E-state index contributed by atoms with van der Waals surface area (Å²) in [7, 11) is 0. The molecule has 0 amide bonds. The number of piperazine rings is 1. The standard InChI is InChI=1S/C18H35N5/c1-2-9-22(8-1)17-4-10-23(15-17)18-13-20-5-3-16(18)14-21-11-6-19-7-12-21/h16-20H,1-15H2. The fourth-order valence-electron chi connectivity index (χ4n) is 5.24. The van der Waals surface area contributed by atoms with Crippen molar-refractivity contribution in [1.82, 2.24) is 25.3 Å². The van der Waals surface area contributed by atoms with Crippen molar-refractivity contribution in [3.8, 4) is 0 Å². The van der Waals surface area contributed by atoms with Crippen molar-refractivity contribution in [1.29, 1.82) is 0 Å². The van der Waals surface area contributed by atoms with Crippen LogP contribution in [0.15, 0.2) is 0 Å². The summed E-state index contributed by atoms with van der Waals surface area (Å²) in [6, 6.07) is 1.62. The fourth-order valence-corrected chi connectivity index (χ4v) is 5.24. The summed E-state index contributed by atoms with van der Waals surface area (Å²) in [6.45, 7) is 13.9. The number of rotatable bonds is 4. The molecule has 0 saturated carbocycles. The molecule has 0 bridgehead atoms. The van der Waals surface area contributed by atoms with Crippen LogP contribution in [-0.4, -0.2) is 98.8 Å². The third kappa shape index (κ3) is 3.90. The number of likely N-dealkylation sites (tertiary alicyclic amines) is 2. The molecule has 132 valence electrons. The molecule has 4 fully saturated rings. The minimum Gasteiger partial charge on any atom is -0.315 e. The second kappa shape index (κ2) is 7.79. The van der Waals surface area contributed by atoms with Crippen LogP contribution < -0.4 is 10.6 Å². The molecule has 3 unspecified atom stereocenters. The second-order valence-electron chi connectivity index (χ2n) is 8.05. The van der Waals surface area contributed by atoms with Crippen molar-refractivity contribution in [2.75, 3.05) is 72.0 Å². The average Bonchev–Trinajstić information content (AvgIpc) is 3.28. The summed E-state index contributed by atoms with van der Waals surface area (Å²) in [5, 5.41) is 7.16. The van der Waals surface area contributed by atoms with Crippen molar-refractivity contribution < 1.29 is 0 Å². The molecule has 0 spiro atoms. The van der Waals surface area contributed by atoms with Crippen molar-refractivity contribution in [3.05, 3.63) is 0 Å². The van der Waals surface area contributed by atoms with Gasteiger partial charge in [0.05, 0.1) is 0 Å². The number of hydrogen-bond donors (Lipinski definition) is 2. The molecule has 4 heterocycles. The van der Waals surface area contributed by atoms with E-state index in [-0.39, 0.29) is 0 Å². The van der Waals surface area contributed by atoms with Crippen LogP contribution in [0.2, 0.25) is 0 Å². The van der Waals surface area contributed by atoms with Gasteiger partial charge in [0.2, 0.25) is 0 Å². The molecule has 0 aromatic heterocycles. The van der Waals surface area contributed by atoms with Crippen molar-refractivity contribution in [2.24, 2.45) is 5.92 Å². The Bertz CT molecular complexity index is 364. The van der Waals surface area contributed by atoms with Gasteiger partial charge in [-0.3, -0.25) is 9.80 Å². The van der Waals surface area contributed by atoms with Gasteiger partial charge in [0, 0.05) is 64.4 Å². The zero-order valence-electron chi connectivity index (χ0n) is 14.7. The maximum absolute atomic E-state index is 3.68. The first kappa shape index (κ1) is 16.3. The van der Waals surface area contributed by atoms with Crippen LogP contribution in [-0.2, 0) is 0 Å². The lowest BCUT2D eigenvalue weighted by molar-refractivity contribution is 0.0918. The second-order valence-corrected chi connectivity index (χ2v) is 8.05. The van der Waals surface area contributed by atoms with Gasteiger partial charge in [-0.25, -0.2) is 0 Å². The number of nitrogens with one attached hydrogen (secondary N) is 2. The fraction of sp³-hybridized carbons (Fsp3) is 1.00. The lowest BCUT2D eigenvalue weighted by atomic mass is 9.90. The largest absolute Gasteiger partial charge is 0.315 e. The summed E-state index contributed by atoms with van der Waals surface area (Å²) >= 11 is 0. The highest BCUT2D eigenvalue weighted by Gasteiger charge is 2.37. The minimum absolute atomic E-state index is 0.770. The van der Waals surface area contributed by atoms with Crippen LogP contribution in [0.4, 0.5) is 0 Å². The van der Waals surface area contributed by atoms with E-state index in [9.17, 15) is 0 Å². The molecule has 4 saturated heterocycles. The van der Waals surface area contributed by atoms with E-state index in [0.29, 0.717) is 0 Å². The third-order valence-electron chi connectivity index (χ3n) is 6.61. The lowest BCUT2D eigenvalue weighted by Crippen LogP contribution is -2.55. The zero-order valence-corrected chi connectivity index (χ0v) is 14.7. The molecule has 4 aliphatic heterocycles. The summed E-state index contributed by atoms with van der Waals surface area (Å²) < 4.78 is 0. The Kier molecular flexibility index (Phi) is 5.51. The molecule has 2 N–H and O–H groups in total. The maximum Gasteiger partial charge on any atom is 0.0262 e. The van der Waals surface area contributed by atoms with Gasteiger partial charge in [-0.05, 0) is 51.2 Å². The number of hydrogen-bond acceptors (Lipinski definition) is 5. The van der Waals surface area contributed by atoms with Crippen LogP contribution in [0.25, 0.3) is 0 Å². The van der Waals surface area contributed by atoms with Crippen LogP contribution in [0.1, 0.15) is 25.7 Å². The van der Waals surface area contributed by atoms with E-state index in [2.05, 4.69) is 25.3 Å². The smallest absolute Gasteiger partial charge is 0.0262 e. The van der Waals surface area contributed by atoms with Crippen LogP contribution in [0, 0.1) is 5.92 Å². The zero-order chi connectivity index (χ0) is 15.5. The topological polar surface area (TPSA) is 33.8 Å². The summed E-state index contributed by atoms with van der Waals surface area (Å²) in [6.07, 6.45) is 5.61. The van der Waals surface area contributed by atoms with Gasteiger partial charge in [-0.15, -0.1) is 0 Å². The predicted molar refractivity (Wildman–Crippen MR) is 94.9 cm³/mol. The Balaban J connectivity index is 1.33. The third-order valence-corrected chi connectivity index (χ3v) is 6.61. The molecule has 4 aliphatic rings. The summed E-state index contributed by atoms with van der Waals surface area (Å²) in [5.74, 6) is 0.867. The number of nitrogens with zero attached hydrogens (tertiary/aromatic N) is 3. The van der Waals surface area contributed by atoms with Crippen LogP contribution >= 0.6 is 0 Å². The summed E-state index contributed by atoms with van der Waals surface area (Å²) in [4.78, 5) is 8.30. The van der Waals surface area contributed by atoms with Crippen molar-refractivity contribution in [2.45, 2.75) is 37.8 Å². The molecule has 4 rings (SSSR count). The molecule has 23 heavy (non-hydrogen) atoms. The first-order valence-corrected chi connectivity index (χ1v) is 10.0. The molecular weight excluding hydrogens is 286 g/mol. The Hall–Kier alpha value is -0.200. The molecule has 0 radical (unpaired) electrons. The number of piperidine rings is 1. The summed E-state index contributed by atoms with van der Waals surface area (Å²) in [5.41, 5.74) is 0. The Morgan fingerprint density at radius 3 is 2.43 bits per heavy atom. The van der Waals surface area contributed by atoms with Crippen LogP contribution in [0.5, 0.6) is 0 Å². The van der Waals surface area contributed by atoms with Gasteiger partial charge in [0.25, 0.3) is 0 Å². The monoisotopic (exact) mass is 321 g/mol. The molecule has 5 nitrogen and oxygen atoms in total. The first-order valence-electron chi connectivity index (χ1n) is 10.0. The molecule has 5 heteroatoms. The van der Waals surface area contributed by atoms with Crippen molar-refractivity contribution >= 4 is 0 Å². The van der Waals surface area contributed by atoms with E-state index in [4.69, 9.17) is 0 Å². The van der Waals surface area contributed by atoms with Crippen LogP contribution in [0.3, 0.4) is 0 Å². The normalized spacial score (nSPS) is 38.3. The van der Waals surface area contributed by atoms with Gasteiger partial charge >= 0.3 is 0 Å². The first-order chi connectivity index (χ1) is 11.4. The highest BCUT2D eigenvalue weighted by atomic mass is 15.3. The molecular formula is C18H35N5. The Labute approximate surface area is 141 Å². The van der Waals surface area contributed by atoms with Gasteiger partial charge in [-0.2, -0.15) is 0 Å². The van der Waals surface area contributed by atoms with E-state index in [1.54, 1.807) is 0 Å². The van der Waals surface area contributed by atoms with E-state index in [0.717, 1.165) is 18.0 Å². The van der Waals surface area contributed by atoms with Crippen molar-refractivity contribution in [3.63, 3.8) is 0 Å². The maximum atomic E-state index is 3.68. The Morgan fingerprint density at radius 1 is 0.783 bits per heavy atom. The van der Waals surface area contributed by atoms with Gasteiger partial charge in [-0.1, -0.05) is 0 Å². The molecule has 0 aliphatic carbocycles.